The predicted molar refractivity (Wildman–Crippen MR) is 75.0 cm³/mol. The second-order valence-electron chi connectivity index (χ2n) is 4.64. The Kier molecular flexibility index (Phi) is 3.66. The smallest absolute Gasteiger partial charge is 0.131 e. The number of rotatable bonds is 3. The molecule has 0 spiro atoms. The van der Waals surface area contributed by atoms with Gasteiger partial charge in [-0.3, -0.25) is 0 Å². The van der Waals surface area contributed by atoms with E-state index >= 15 is 0 Å². The Balaban J connectivity index is 2.39. The average molecular weight is 243 g/mol. The minimum absolute atomic E-state index is 0.218. The Labute approximate surface area is 107 Å². The Morgan fingerprint density at radius 3 is 2.39 bits per heavy atom. The molecular formula is C16H18FN. The van der Waals surface area contributed by atoms with E-state index in [4.69, 9.17) is 5.73 Å². The van der Waals surface area contributed by atoms with Gasteiger partial charge in [0.1, 0.15) is 5.82 Å². The fraction of sp³-hybridized carbons (Fsp3) is 0.250. The lowest BCUT2D eigenvalue weighted by molar-refractivity contribution is 0.630. The van der Waals surface area contributed by atoms with Crippen LogP contribution < -0.4 is 5.73 Å². The number of halogens is 1. The second-order valence-corrected chi connectivity index (χ2v) is 4.64. The molecule has 0 unspecified atom stereocenters. The summed E-state index contributed by atoms with van der Waals surface area (Å²) < 4.78 is 13.9. The van der Waals surface area contributed by atoms with Crippen molar-refractivity contribution in [2.24, 2.45) is 0 Å². The van der Waals surface area contributed by atoms with Crippen LogP contribution in [-0.4, -0.2) is 0 Å². The van der Waals surface area contributed by atoms with Crippen LogP contribution in [0.2, 0.25) is 0 Å². The van der Waals surface area contributed by atoms with E-state index in [0.29, 0.717) is 11.3 Å². The molecule has 0 bridgehead atoms. The number of hydrogen-bond donors (Lipinski definition) is 1. The molecule has 0 saturated heterocycles. The van der Waals surface area contributed by atoms with Crippen molar-refractivity contribution < 1.29 is 4.39 Å². The van der Waals surface area contributed by atoms with Crippen LogP contribution in [0.25, 0.3) is 11.1 Å². The molecule has 0 saturated carbocycles. The van der Waals surface area contributed by atoms with Crippen molar-refractivity contribution in [1.82, 2.24) is 0 Å². The van der Waals surface area contributed by atoms with Crippen molar-refractivity contribution in [2.75, 3.05) is 5.73 Å². The quantitative estimate of drug-likeness (QED) is 0.797. The molecule has 94 valence electrons. The van der Waals surface area contributed by atoms with Gasteiger partial charge in [0.2, 0.25) is 0 Å². The lowest BCUT2D eigenvalue weighted by Crippen LogP contribution is -1.94. The molecule has 0 aliphatic carbocycles. The highest BCUT2D eigenvalue weighted by Crippen LogP contribution is 2.27. The van der Waals surface area contributed by atoms with Crippen LogP contribution in [-0.2, 0) is 6.42 Å². The molecule has 0 heterocycles. The summed E-state index contributed by atoms with van der Waals surface area (Å²) in [5.41, 5.74) is 9.97. The molecule has 1 nitrogen and oxygen atoms in total. The molecule has 2 aromatic carbocycles. The average Bonchev–Trinajstić information content (AvgIpc) is 2.35. The van der Waals surface area contributed by atoms with Gasteiger partial charge in [-0.2, -0.15) is 0 Å². The third kappa shape index (κ3) is 2.53. The van der Waals surface area contributed by atoms with E-state index in [2.05, 4.69) is 6.92 Å². The zero-order chi connectivity index (χ0) is 13.1. The first-order valence-corrected chi connectivity index (χ1v) is 6.26. The number of hydrogen-bond acceptors (Lipinski definition) is 1. The number of anilines is 1. The van der Waals surface area contributed by atoms with Gasteiger partial charge >= 0.3 is 0 Å². The molecular weight excluding hydrogens is 225 g/mol. The van der Waals surface area contributed by atoms with Crippen LogP contribution in [0.15, 0.2) is 36.4 Å². The monoisotopic (exact) mass is 243 g/mol. The van der Waals surface area contributed by atoms with Crippen molar-refractivity contribution in [3.63, 3.8) is 0 Å². The molecule has 18 heavy (non-hydrogen) atoms. The van der Waals surface area contributed by atoms with Gasteiger partial charge in [0.25, 0.3) is 0 Å². The Morgan fingerprint density at radius 2 is 1.78 bits per heavy atom. The Morgan fingerprint density at radius 1 is 1.11 bits per heavy atom. The van der Waals surface area contributed by atoms with Crippen LogP contribution in [0.4, 0.5) is 10.1 Å². The maximum atomic E-state index is 13.9. The van der Waals surface area contributed by atoms with Crippen LogP contribution in [0.3, 0.4) is 0 Å². The molecule has 0 fully saturated rings. The van der Waals surface area contributed by atoms with Crippen molar-refractivity contribution in [1.29, 1.82) is 0 Å². The number of nitrogens with two attached hydrogens (primary N) is 1. The lowest BCUT2D eigenvalue weighted by Gasteiger charge is -2.08. The van der Waals surface area contributed by atoms with Crippen LogP contribution in [0.5, 0.6) is 0 Å². The van der Waals surface area contributed by atoms with Gasteiger partial charge in [-0.25, -0.2) is 4.39 Å². The molecule has 0 radical (unpaired) electrons. The number of nitrogen functional groups attached to an aromatic ring is 1. The molecule has 2 heteroatoms. The molecule has 0 amide bonds. The maximum absolute atomic E-state index is 13.9. The summed E-state index contributed by atoms with van der Waals surface area (Å²) in [7, 11) is 0. The van der Waals surface area contributed by atoms with Gasteiger partial charge < -0.3 is 5.73 Å². The highest BCUT2D eigenvalue weighted by molar-refractivity contribution is 5.69. The summed E-state index contributed by atoms with van der Waals surface area (Å²) in [5.74, 6) is -0.218. The number of benzene rings is 2. The van der Waals surface area contributed by atoms with Gasteiger partial charge in [-0.1, -0.05) is 37.6 Å². The molecule has 2 rings (SSSR count). The summed E-state index contributed by atoms with van der Waals surface area (Å²) in [6, 6.07) is 11.2. The third-order valence-electron chi connectivity index (χ3n) is 3.16. The van der Waals surface area contributed by atoms with E-state index in [1.54, 1.807) is 6.07 Å². The molecule has 0 aliphatic rings. The summed E-state index contributed by atoms with van der Waals surface area (Å²) >= 11 is 0. The summed E-state index contributed by atoms with van der Waals surface area (Å²) in [6.45, 7) is 3.96. The zero-order valence-corrected chi connectivity index (χ0v) is 10.8. The molecule has 0 aromatic heterocycles. The van der Waals surface area contributed by atoms with Crippen molar-refractivity contribution >= 4 is 5.69 Å². The first-order valence-electron chi connectivity index (χ1n) is 6.26. The molecule has 2 aromatic rings. The van der Waals surface area contributed by atoms with Gasteiger partial charge in [0.05, 0.1) is 0 Å². The fourth-order valence-corrected chi connectivity index (χ4v) is 2.05. The van der Waals surface area contributed by atoms with E-state index < -0.39 is 0 Å². The predicted octanol–water partition coefficient (Wildman–Crippen LogP) is 4.34. The Hall–Kier alpha value is -1.83. The first-order chi connectivity index (χ1) is 8.61. The topological polar surface area (TPSA) is 26.0 Å². The maximum Gasteiger partial charge on any atom is 0.131 e. The van der Waals surface area contributed by atoms with Crippen LogP contribution in [0, 0.1) is 12.7 Å². The van der Waals surface area contributed by atoms with Crippen molar-refractivity contribution in [3.05, 3.63) is 53.3 Å². The van der Waals surface area contributed by atoms with Crippen molar-refractivity contribution in [3.8, 4) is 11.1 Å². The van der Waals surface area contributed by atoms with Gasteiger partial charge in [-0.05, 0) is 42.2 Å². The summed E-state index contributed by atoms with van der Waals surface area (Å²) in [5, 5.41) is 0. The minimum Gasteiger partial charge on any atom is -0.398 e. The molecule has 0 aliphatic heterocycles. The second kappa shape index (κ2) is 5.21. The zero-order valence-electron chi connectivity index (χ0n) is 10.8. The Bertz CT molecular complexity index is 544. The standard InChI is InChI=1S/C16H18FN/c1-3-4-12-5-7-13(8-6-12)14-10-16(18)11(2)9-15(14)17/h5-10H,3-4,18H2,1-2H3. The highest BCUT2D eigenvalue weighted by Gasteiger charge is 2.07. The normalized spacial score (nSPS) is 10.6. The first kappa shape index (κ1) is 12.6. The van der Waals surface area contributed by atoms with E-state index in [-0.39, 0.29) is 5.82 Å². The largest absolute Gasteiger partial charge is 0.398 e. The summed E-state index contributed by atoms with van der Waals surface area (Å²) in [4.78, 5) is 0. The van der Waals surface area contributed by atoms with Gasteiger partial charge in [0, 0.05) is 11.3 Å². The van der Waals surface area contributed by atoms with E-state index in [1.165, 1.54) is 11.6 Å². The van der Waals surface area contributed by atoms with Crippen LogP contribution in [0.1, 0.15) is 24.5 Å². The highest BCUT2D eigenvalue weighted by atomic mass is 19.1. The summed E-state index contributed by atoms with van der Waals surface area (Å²) in [6.07, 6.45) is 2.17. The fourth-order valence-electron chi connectivity index (χ4n) is 2.05. The van der Waals surface area contributed by atoms with E-state index in [0.717, 1.165) is 24.0 Å². The molecule has 2 N–H and O–H groups in total. The van der Waals surface area contributed by atoms with Crippen LogP contribution >= 0.6 is 0 Å². The minimum atomic E-state index is -0.218. The molecule has 0 atom stereocenters. The van der Waals surface area contributed by atoms with E-state index in [9.17, 15) is 4.39 Å². The SMILES string of the molecule is CCCc1ccc(-c2cc(N)c(C)cc2F)cc1. The van der Waals surface area contributed by atoms with E-state index in [1.807, 2.05) is 31.2 Å². The van der Waals surface area contributed by atoms with Gasteiger partial charge in [-0.15, -0.1) is 0 Å². The lowest BCUT2D eigenvalue weighted by atomic mass is 10.00. The number of aryl methyl sites for hydroxylation is 2. The van der Waals surface area contributed by atoms with Crippen molar-refractivity contribution in [2.45, 2.75) is 26.7 Å². The third-order valence-corrected chi connectivity index (χ3v) is 3.16. The van der Waals surface area contributed by atoms with Gasteiger partial charge in [0.15, 0.2) is 0 Å².